The summed E-state index contributed by atoms with van der Waals surface area (Å²) >= 11 is 0. The second kappa shape index (κ2) is 11.4. The first-order valence-electron chi connectivity index (χ1n) is 12.6. The molecule has 2 amide bonds. The van der Waals surface area contributed by atoms with Crippen molar-refractivity contribution in [1.82, 2.24) is 9.78 Å². The molecular formula is C29H29FN6O3. The first-order chi connectivity index (χ1) is 18.8. The highest BCUT2D eigenvalue weighted by molar-refractivity contribution is 6.05. The lowest BCUT2D eigenvalue weighted by Crippen LogP contribution is -2.35. The number of piperidine rings is 1. The van der Waals surface area contributed by atoms with Crippen LogP contribution in [0.15, 0.2) is 79.1 Å². The minimum absolute atomic E-state index is 0.230. The van der Waals surface area contributed by atoms with Gasteiger partial charge in [0.25, 0.3) is 11.8 Å². The summed E-state index contributed by atoms with van der Waals surface area (Å²) in [5, 5.41) is 22.2. The molecule has 1 aliphatic rings. The van der Waals surface area contributed by atoms with Gasteiger partial charge in [0.2, 0.25) is 0 Å². The minimum atomic E-state index is -0.527. The molecule has 3 aromatic carbocycles. The molecule has 4 N–H and O–H groups in total. The van der Waals surface area contributed by atoms with Crippen molar-refractivity contribution in [2.24, 2.45) is 7.05 Å². The van der Waals surface area contributed by atoms with Gasteiger partial charge in [0, 0.05) is 54.6 Å². The molecule has 1 saturated heterocycles. The predicted octanol–water partition coefficient (Wildman–Crippen LogP) is 4.77. The summed E-state index contributed by atoms with van der Waals surface area (Å²) in [6, 6.07) is 18.7. The van der Waals surface area contributed by atoms with E-state index in [0.29, 0.717) is 28.2 Å². The molecule has 0 bridgehead atoms. The lowest BCUT2D eigenvalue weighted by molar-refractivity contribution is 0.101. The van der Waals surface area contributed by atoms with Crippen LogP contribution < -0.4 is 20.9 Å². The molecule has 9 nitrogen and oxygen atoms in total. The molecule has 2 heterocycles. The standard InChI is InChI=1S/C29H29FN6O3/c1-35-18-20(17-31-35)29(39)34-23-8-11-27(26(30)16-23)32-21-4-6-22(7-5-21)33-28(38)19-2-9-24(10-3-19)36-14-12-25(37)13-15-36/h2-11,16-18,25,32,37H,12-15H2,1H3,(H,33,38)(H,34,39). The smallest absolute Gasteiger partial charge is 0.258 e. The van der Waals surface area contributed by atoms with E-state index in [4.69, 9.17) is 0 Å². The van der Waals surface area contributed by atoms with Crippen LogP contribution in [0.1, 0.15) is 33.6 Å². The summed E-state index contributed by atoms with van der Waals surface area (Å²) in [5.41, 5.74) is 3.76. The van der Waals surface area contributed by atoms with Crippen LogP contribution in [-0.2, 0) is 7.05 Å². The van der Waals surface area contributed by atoms with E-state index in [2.05, 4.69) is 25.9 Å². The zero-order valence-corrected chi connectivity index (χ0v) is 21.4. The number of aliphatic hydroxyl groups is 1. The van der Waals surface area contributed by atoms with E-state index in [1.54, 1.807) is 61.8 Å². The molecule has 39 heavy (non-hydrogen) atoms. The van der Waals surface area contributed by atoms with Gasteiger partial charge in [0.1, 0.15) is 5.82 Å². The molecule has 0 unspecified atom stereocenters. The largest absolute Gasteiger partial charge is 0.393 e. The van der Waals surface area contributed by atoms with Crippen LogP contribution >= 0.6 is 0 Å². The van der Waals surface area contributed by atoms with Crippen molar-refractivity contribution in [1.29, 1.82) is 0 Å². The van der Waals surface area contributed by atoms with E-state index in [-0.39, 0.29) is 23.6 Å². The summed E-state index contributed by atoms with van der Waals surface area (Å²) in [7, 11) is 1.71. The number of nitrogens with zero attached hydrogens (tertiary/aromatic N) is 3. The van der Waals surface area contributed by atoms with Crippen LogP contribution in [0.2, 0.25) is 0 Å². The fourth-order valence-electron chi connectivity index (χ4n) is 4.38. The van der Waals surface area contributed by atoms with Gasteiger partial charge in [-0.1, -0.05) is 0 Å². The van der Waals surface area contributed by atoms with Crippen LogP contribution in [0, 0.1) is 5.82 Å². The van der Waals surface area contributed by atoms with Gasteiger partial charge in [-0.15, -0.1) is 0 Å². The highest BCUT2D eigenvalue weighted by Gasteiger charge is 2.17. The number of rotatable bonds is 7. The Bertz CT molecular complexity index is 1460. The number of hydrogen-bond acceptors (Lipinski definition) is 6. The SMILES string of the molecule is Cn1cc(C(=O)Nc2ccc(Nc3ccc(NC(=O)c4ccc(N5CCC(O)CC5)cc4)cc3)c(F)c2)cn1. The number of aromatic nitrogens is 2. The van der Waals surface area contributed by atoms with Crippen LogP contribution in [-0.4, -0.2) is 45.9 Å². The van der Waals surface area contributed by atoms with Crippen LogP contribution in [0.25, 0.3) is 0 Å². The van der Waals surface area contributed by atoms with Gasteiger partial charge in [-0.25, -0.2) is 4.39 Å². The lowest BCUT2D eigenvalue weighted by Gasteiger charge is -2.31. The maximum absolute atomic E-state index is 14.7. The third kappa shape index (κ3) is 6.42. The van der Waals surface area contributed by atoms with Crippen molar-refractivity contribution in [3.8, 4) is 0 Å². The topological polar surface area (TPSA) is 112 Å². The average molecular weight is 529 g/mol. The van der Waals surface area contributed by atoms with Crippen molar-refractivity contribution in [3.05, 3.63) is 96.1 Å². The van der Waals surface area contributed by atoms with Gasteiger partial charge in [0.05, 0.1) is 23.6 Å². The highest BCUT2D eigenvalue weighted by atomic mass is 19.1. The van der Waals surface area contributed by atoms with Crippen molar-refractivity contribution >= 4 is 40.3 Å². The second-order valence-electron chi connectivity index (χ2n) is 9.47. The number of halogens is 1. The number of aliphatic hydroxyl groups excluding tert-OH is 1. The fourth-order valence-corrected chi connectivity index (χ4v) is 4.38. The Morgan fingerprint density at radius 3 is 2.13 bits per heavy atom. The molecule has 0 spiro atoms. The molecule has 1 aliphatic heterocycles. The van der Waals surface area contributed by atoms with E-state index < -0.39 is 5.82 Å². The third-order valence-corrected chi connectivity index (χ3v) is 6.57. The predicted molar refractivity (Wildman–Crippen MR) is 149 cm³/mol. The van der Waals surface area contributed by atoms with Crippen molar-refractivity contribution in [3.63, 3.8) is 0 Å². The molecule has 200 valence electrons. The molecule has 5 rings (SSSR count). The van der Waals surface area contributed by atoms with Crippen LogP contribution in [0.4, 0.5) is 32.8 Å². The van der Waals surface area contributed by atoms with Gasteiger partial charge in [-0.3, -0.25) is 14.3 Å². The Labute approximate surface area is 225 Å². The quantitative estimate of drug-likeness (QED) is 0.275. The Balaban J connectivity index is 1.16. The monoisotopic (exact) mass is 528 g/mol. The van der Waals surface area contributed by atoms with E-state index >= 15 is 0 Å². The number of hydrogen-bond donors (Lipinski definition) is 4. The average Bonchev–Trinajstić information content (AvgIpc) is 3.38. The molecule has 0 atom stereocenters. The number of aryl methyl sites for hydroxylation is 1. The minimum Gasteiger partial charge on any atom is -0.393 e. The molecule has 0 aliphatic carbocycles. The summed E-state index contributed by atoms with van der Waals surface area (Å²) in [6.07, 6.45) is 4.27. The molecule has 10 heteroatoms. The molecule has 0 radical (unpaired) electrons. The number of nitrogens with one attached hydrogen (secondary N) is 3. The van der Waals surface area contributed by atoms with Crippen molar-refractivity contribution in [2.75, 3.05) is 33.9 Å². The summed E-state index contributed by atoms with van der Waals surface area (Å²) in [6.45, 7) is 1.59. The molecule has 1 fully saturated rings. The van der Waals surface area contributed by atoms with Gasteiger partial charge >= 0.3 is 0 Å². The van der Waals surface area contributed by atoms with E-state index in [1.165, 1.54) is 16.9 Å². The fraction of sp³-hybridized carbons (Fsp3) is 0.207. The summed E-state index contributed by atoms with van der Waals surface area (Å²) in [4.78, 5) is 27.2. The Kier molecular flexibility index (Phi) is 7.55. The normalized spacial score (nSPS) is 13.7. The van der Waals surface area contributed by atoms with Gasteiger partial charge in [-0.05, 0) is 79.6 Å². The first-order valence-corrected chi connectivity index (χ1v) is 12.6. The third-order valence-electron chi connectivity index (χ3n) is 6.57. The number of benzene rings is 3. The number of carbonyl (C=O) groups excluding carboxylic acids is 2. The van der Waals surface area contributed by atoms with Gasteiger partial charge in [-0.2, -0.15) is 5.10 Å². The summed E-state index contributed by atoms with van der Waals surface area (Å²) in [5.74, 6) is -1.13. The molecule has 0 saturated carbocycles. The summed E-state index contributed by atoms with van der Waals surface area (Å²) < 4.78 is 16.2. The van der Waals surface area contributed by atoms with E-state index in [1.807, 2.05) is 12.1 Å². The van der Waals surface area contributed by atoms with Crippen LogP contribution in [0.3, 0.4) is 0 Å². The zero-order valence-electron chi connectivity index (χ0n) is 21.4. The molecular weight excluding hydrogens is 499 g/mol. The molecule has 1 aromatic heterocycles. The first kappa shape index (κ1) is 25.9. The highest BCUT2D eigenvalue weighted by Crippen LogP contribution is 2.25. The van der Waals surface area contributed by atoms with Gasteiger partial charge < -0.3 is 26.0 Å². The maximum Gasteiger partial charge on any atom is 0.258 e. The number of carbonyl (C=O) groups is 2. The maximum atomic E-state index is 14.7. The zero-order chi connectivity index (χ0) is 27.4. The Morgan fingerprint density at radius 1 is 0.872 bits per heavy atom. The number of anilines is 5. The lowest BCUT2D eigenvalue weighted by atomic mass is 10.1. The Hall–Kier alpha value is -4.70. The van der Waals surface area contributed by atoms with Crippen LogP contribution in [0.5, 0.6) is 0 Å². The second-order valence-corrected chi connectivity index (χ2v) is 9.47. The van der Waals surface area contributed by atoms with Gasteiger partial charge in [0.15, 0.2) is 0 Å². The molecule has 4 aromatic rings. The van der Waals surface area contributed by atoms with E-state index in [9.17, 15) is 19.1 Å². The van der Waals surface area contributed by atoms with Crippen molar-refractivity contribution < 1.29 is 19.1 Å². The number of amides is 2. The van der Waals surface area contributed by atoms with E-state index in [0.717, 1.165) is 31.6 Å². The Morgan fingerprint density at radius 2 is 1.49 bits per heavy atom. The van der Waals surface area contributed by atoms with Crippen molar-refractivity contribution in [2.45, 2.75) is 18.9 Å².